The van der Waals surface area contributed by atoms with Crippen LogP contribution in [0.4, 0.5) is 4.39 Å². The van der Waals surface area contributed by atoms with Crippen LogP contribution in [0.25, 0.3) is 0 Å². The maximum atomic E-state index is 9.50. The molecule has 2 unspecified atom stereocenters. The van der Waals surface area contributed by atoms with Crippen LogP contribution in [0, 0.1) is 11.8 Å². The summed E-state index contributed by atoms with van der Waals surface area (Å²) in [6.07, 6.45) is 16.0. The van der Waals surface area contributed by atoms with Gasteiger partial charge in [0.25, 0.3) is 0 Å². The minimum Gasteiger partial charge on any atom is -0.464 e. The molecular weight excluding hydrogens is 305 g/mol. The summed E-state index contributed by atoms with van der Waals surface area (Å²) in [7, 11) is 0.500. The second-order valence-corrected chi connectivity index (χ2v) is 5.47. The molecule has 1 fully saturated rings. The van der Waals surface area contributed by atoms with Crippen molar-refractivity contribution in [3.8, 4) is 0 Å². The van der Waals surface area contributed by atoms with E-state index < -0.39 is 0 Å². The predicted molar refractivity (Wildman–Crippen MR) is 98.3 cm³/mol. The molecule has 0 spiro atoms. The second kappa shape index (κ2) is 8.99. The summed E-state index contributed by atoms with van der Waals surface area (Å²) < 4.78 is 15.2. The van der Waals surface area contributed by atoms with Crippen molar-refractivity contribution in [2.75, 3.05) is 7.18 Å². The molecular formula is C20H24FNO2. The Morgan fingerprint density at radius 3 is 2.67 bits per heavy atom. The third kappa shape index (κ3) is 4.09. The highest BCUT2D eigenvalue weighted by Gasteiger charge is 2.36. The van der Waals surface area contributed by atoms with Crippen molar-refractivity contribution >= 4 is 6.72 Å². The molecule has 2 aliphatic carbocycles. The Kier molecular flexibility index (Phi) is 7.33. The molecule has 0 radical (unpaired) electrons. The monoisotopic (exact) mass is 329 g/mol. The average molecular weight is 329 g/mol. The van der Waals surface area contributed by atoms with Crippen molar-refractivity contribution in [1.82, 2.24) is 0 Å². The maximum absolute atomic E-state index is 9.50. The summed E-state index contributed by atoms with van der Waals surface area (Å²) in [5, 5.41) is 0. The second-order valence-electron chi connectivity index (χ2n) is 5.47. The number of ether oxygens (including phenoxy) is 1. The quantitative estimate of drug-likeness (QED) is 0.545. The molecule has 128 valence electrons. The van der Waals surface area contributed by atoms with Gasteiger partial charge in [0, 0.05) is 17.6 Å². The van der Waals surface area contributed by atoms with Gasteiger partial charge in [-0.3, -0.25) is 9.38 Å². The standard InChI is InChI=1S/C19H19NO.CH3F.H2O/c1-4-6-18(20-3)16-11-17(19(5-2)21-12-16)14-8-7-13-9-15(13)10-14;1-2;/h4-8,10,12-13,15H,1-3,9,11H2;1H3;1H2/b18-6-;;. The van der Waals surface area contributed by atoms with Crippen LogP contribution in [-0.4, -0.2) is 19.4 Å². The van der Waals surface area contributed by atoms with Gasteiger partial charge in [-0.25, -0.2) is 0 Å². The molecule has 3 aliphatic rings. The van der Waals surface area contributed by atoms with E-state index in [9.17, 15) is 4.39 Å². The topological polar surface area (TPSA) is 53.1 Å². The average Bonchev–Trinajstić information content (AvgIpc) is 3.39. The lowest BCUT2D eigenvalue weighted by molar-refractivity contribution is 0.349. The Bertz CT molecular complexity index is 665. The fourth-order valence-electron chi connectivity index (χ4n) is 2.83. The molecule has 0 amide bonds. The summed E-state index contributed by atoms with van der Waals surface area (Å²) in [6.45, 7) is 11.2. The number of aliphatic imine (C=N–C) groups is 1. The molecule has 1 aliphatic heterocycles. The van der Waals surface area contributed by atoms with Crippen LogP contribution in [0.1, 0.15) is 12.8 Å². The molecule has 1 heterocycles. The Labute approximate surface area is 142 Å². The molecule has 3 nitrogen and oxygen atoms in total. The van der Waals surface area contributed by atoms with E-state index in [0.717, 1.165) is 29.4 Å². The fourth-order valence-corrected chi connectivity index (χ4v) is 2.83. The van der Waals surface area contributed by atoms with Gasteiger partial charge in [0.1, 0.15) is 5.76 Å². The van der Waals surface area contributed by atoms with Crippen LogP contribution in [0.2, 0.25) is 0 Å². The molecule has 0 saturated heterocycles. The van der Waals surface area contributed by atoms with Gasteiger partial charge in [0.05, 0.1) is 19.1 Å². The van der Waals surface area contributed by atoms with E-state index in [1.165, 1.54) is 17.6 Å². The van der Waals surface area contributed by atoms with E-state index >= 15 is 0 Å². The number of hydrogen-bond donors (Lipinski definition) is 0. The number of allylic oxidation sites excluding steroid dienone is 9. The van der Waals surface area contributed by atoms with E-state index in [1.54, 1.807) is 18.4 Å². The molecule has 0 aromatic carbocycles. The Morgan fingerprint density at radius 2 is 2.08 bits per heavy atom. The molecule has 2 atom stereocenters. The SMILES string of the molecule is C=C/C=C(\N=C)C1=COC(C=C)=C(C2=CC3CC3C=C2)C1.CF.O. The van der Waals surface area contributed by atoms with E-state index in [0.29, 0.717) is 13.1 Å². The highest BCUT2D eigenvalue weighted by molar-refractivity contribution is 5.53. The number of rotatable bonds is 5. The highest BCUT2D eigenvalue weighted by Crippen LogP contribution is 2.46. The third-order valence-electron chi connectivity index (χ3n) is 4.11. The zero-order valence-corrected chi connectivity index (χ0v) is 14.0. The van der Waals surface area contributed by atoms with Crippen LogP contribution >= 0.6 is 0 Å². The molecule has 4 heteroatoms. The molecule has 3 rings (SSSR count). The van der Waals surface area contributed by atoms with Gasteiger partial charge in [0.2, 0.25) is 0 Å². The number of halogens is 1. The normalized spacial score (nSPS) is 24.0. The first-order valence-electron chi connectivity index (χ1n) is 7.56. The Hall–Kier alpha value is -2.46. The van der Waals surface area contributed by atoms with Crippen LogP contribution in [0.5, 0.6) is 0 Å². The minimum absolute atomic E-state index is 0. The van der Waals surface area contributed by atoms with Crippen molar-refractivity contribution in [1.29, 1.82) is 0 Å². The van der Waals surface area contributed by atoms with Gasteiger partial charge in [-0.05, 0) is 42.7 Å². The van der Waals surface area contributed by atoms with Crippen molar-refractivity contribution in [3.05, 3.63) is 84.1 Å². The summed E-state index contributed by atoms with van der Waals surface area (Å²) in [5.74, 6) is 2.29. The highest BCUT2D eigenvalue weighted by atomic mass is 19.1. The lowest BCUT2D eigenvalue weighted by Gasteiger charge is -2.21. The van der Waals surface area contributed by atoms with E-state index in [2.05, 4.69) is 43.1 Å². The smallest absolute Gasteiger partial charge is 0.130 e. The minimum atomic E-state index is 0. The van der Waals surface area contributed by atoms with Gasteiger partial charge in [-0.2, -0.15) is 0 Å². The van der Waals surface area contributed by atoms with E-state index in [1.807, 2.05) is 6.08 Å². The van der Waals surface area contributed by atoms with Gasteiger partial charge in [-0.15, -0.1) is 0 Å². The summed E-state index contributed by atoms with van der Waals surface area (Å²) in [5.41, 5.74) is 4.23. The number of alkyl halides is 1. The molecule has 0 aromatic heterocycles. The van der Waals surface area contributed by atoms with E-state index in [-0.39, 0.29) is 5.48 Å². The third-order valence-corrected chi connectivity index (χ3v) is 4.11. The largest absolute Gasteiger partial charge is 0.464 e. The van der Waals surface area contributed by atoms with Crippen LogP contribution in [-0.2, 0) is 4.74 Å². The number of hydrogen-bond acceptors (Lipinski definition) is 2. The fraction of sp³-hybridized carbons (Fsp3) is 0.250. The Balaban J connectivity index is 0.000000925. The number of nitrogens with zero attached hydrogens (tertiary/aromatic N) is 1. The van der Waals surface area contributed by atoms with Gasteiger partial charge in [-0.1, -0.05) is 37.5 Å². The van der Waals surface area contributed by atoms with Crippen LogP contribution < -0.4 is 0 Å². The van der Waals surface area contributed by atoms with Gasteiger partial charge >= 0.3 is 0 Å². The summed E-state index contributed by atoms with van der Waals surface area (Å²) in [6, 6.07) is 0. The first-order valence-corrected chi connectivity index (χ1v) is 7.56. The lowest BCUT2D eigenvalue weighted by Crippen LogP contribution is -2.05. The summed E-state index contributed by atoms with van der Waals surface area (Å²) >= 11 is 0. The lowest BCUT2D eigenvalue weighted by atomic mass is 9.91. The van der Waals surface area contributed by atoms with Gasteiger partial charge in [0.15, 0.2) is 0 Å². The molecule has 0 aromatic rings. The van der Waals surface area contributed by atoms with Crippen LogP contribution in [0.15, 0.2) is 89.0 Å². The zero-order chi connectivity index (χ0) is 16.8. The number of fused-ring (bicyclic) bond motifs is 1. The van der Waals surface area contributed by atoms with Gasteiger partial charge < -0.3 is 10.2 Å². The first-order chi connectivity index (χ1) is 11.3. The molecule has 0 bridgehead atoms. The first kappa shape index (κ1) is 19.6. The van der Waals surface area contributed by atoms with Crippen LogP contribution in [0.3, 0.4) is 0 Å². The summed E-state index contributed by atoms with van der Waals surface area (Å²) in [4.78, 5) is 4.06. The van der Waals surface area contributed by atoms with Crippen molar-refractivity contribution in [2.45, 2.75) is 12.8 Å². The molecule has 24 heavy (non-hydrogen) atoms. The van der Waals surface area contributed by atoms with Crippen molar-refractivity contribution < 1.29 is 14.6 Å². The van der Waals surface area contributed by atoms with E-state index in [4.69, 9.17) is 4.74 Å². The molecule has 1 saturated carbocycles. The Morgan fingerprint density at radius 1 is 1.33 bits per heavy atom. The maximum Gasteiger partial charge on any atom is 0.130 e. The zero-order valence-electron chi connectivity index (χ0n) is 14.0. The predicted octanol–water partition coefficient (Wildman–Crippen LogP) is 4.39. The van der Waals surface area contributed by atoms with Crippen molar-refractivity contribution in [2.24, 2.45) is 16.8 Å². The van der Waals surface area contributed by atoms with Crippen molar-refractivity contribution in [3.63, 3.8) is 0 Å². The molecule has 2 N–H and O–H groups in total.